The number of carbonyl (C=O) groups excluding carboxylic acids is 1. The molecule has 3 aromatic heterocycles. The van der Waals surface area contributed by atoms with Gasteiger partial charge in [0.25, 0.3) is 5.91 Å². The highest BCUT2D eigenvalue weighted by Crippen LogP contribution is 2.30. The van der Waals surface area contributed by atoms with E-state index in [1.807, 2.05) is 28.8 Å². The van der Waals surface area contributed by atoms with Gasteiger partial charge in [0.2, 0.25) is 0 Å². The van der Waals surface area contributed by atoms with Crippen LogP contribution in [0, 0.1) is 0 Å². The lowest BCUT2D eigenvalue weighted by Crippen LogP contribution is -2.25. The van der Waals surface area contributed by atoms with Crippen LogP contribution in [0.1, 0.15) is 32.4 Å². The number of aromatic nitrogens is 3. The average Bonchev–Trinajstić information content (AvgIpc) is 3.21. The zero-order chi connectivity index (χ0) is 14.9. The summed E-state index contributed by atoms with van der Waals surface area (Å²) in [6.07, 6.45) is 6.07. The molecule has 5 nitrogen and oxygen atoms in total. The molecule has 1 aliphatic carbocycles. The normalized spacial score (nSPS) is 13.5. The first-order valence-corrected chi connectivity index (χ1v) is 8.31. The van der Waals surface area contributed by atoms with Crippen molar-refractivity contribution in [2.75, 3.05) is 6.54 Å². The summed E-state index contributed by atoms with van der Waals surface area (Å²) in [5.41, 5.74) is 2.19. The molecule has 1 N–H and O–H groups in total. The van der Waals surface area contributed by atoms with E-state index in [1.165, 1.54) is 16.9 Å². The molecule has 3 heterocycles. The maximum Gasteiger partial charge on any atom is 0.261 e. The summed E-state index contributed by atoms with van der Waals surface area (Å²) < 4.78 is 1.95. The Labute approximate surface area is 132 Å². The Hall–Kier alpha value is -2.21. The van der Waals surface area contributed by atoms with Crippen LogP contribution in [0.25, 0.3) is 5.65 Å². The van der Waals surface area contributed by atoms with Crippen LogP contribution in [0.2, 0.25) is 0 Å². The fourth-order valence-corrected chi connectivity index (χ4v) is 4.05. The molecule has 6 heteroatoms. The van der Waals surface area contributed by atoms with Crippen LogP contribution in [0.5, 0.6) is 0 Å². The summed E-state index contributed by atoms with van der Waals surface area (Å²) in [5, 5.41) is 11.3. The molecule has 1 amide bonds. The van der Waals surface area contributed by atoms with Crippen molar-refractivity contribution in [2.45, 2.75) is 25.7 Å². The van der Waals surface area contributed by atoms with E-state index in [0.717, 1.165) is 29.2 Å². The molecular weight excluding hydrogens is 296 g/mol. The number of amides is 1. The van der Waals surface area contributed by atoms with Gasteiger partial charge in [-0.1, -0.05) is 6.07 Å². The van der Waals surface area contributed by atoms with Crippen molar-refractivity contribution in [3.8, 4) is 0 Å². The predicted molar refractivity (Wildman–Crippen MR) is 85.4 cm³/mol. The summed E-state index contributed by atoms with van der Waals surface area (Å²) in [4.78, 5) is 14.4. The van der Waals surface area contributed by atoms with E-state index in [0.29, 0.717) is 13.0 Å². The van der Waals surface area contributed by atoms with Gasteiger partial charge >= 0.3 is 0 Å². The number of nitrogens with zero attached hydrogens (tertiary/aromatic N) is 3. The van der Waals surface area contributed by atoms with Crippen molar-refractivity contribution in [1.82, 2.24) is 19.9 Å². The van der Waals surface area contributed by atoms with Gasteiger partial charge < -0.3 is 5.32 Å². The Kier molecular flexibility index (Phi) is 3.38. The van der Waals surface area contributed by atoms with Crippen molar-refractivity contribution in [1.29, 1.82) is 0 Å². The lowest BCUT2D eigenvalue weighted by Gasteiger charge is -2.03. The highest BCUT2D eigenvalue weighted by molar-refractivity contribution is 7.14. The van der Waals surface area contributed by atoms with E-state index < -0.39 is 0 Å². The fraction of sp³-hybridized carbons (Fsp3) is 0.312. The summed E-state index contributed by atoms with van der Waals surface area (Å²) in [6.45, 7) is 0.567. The van der Waals surface area contributed by atoms with Crippen LogP contribution in [0.15, 0.2) is 30.5 Å². The first kappa shape index (κ1) is 13.5. The highest BCUT2D eigenvalue weighted by atomic mass is 32.1. The van der Waals surface area contributed by atoms with E-state index in [2.05, 4.69) is 21.6 Å². The second-order valence-electron chi connectivity index (χ2n) is 5.46. The Bertz CT molecular complexity index is 814. The van der Waals surface area contributed by atoms with Crippen LogP contribution >= 0.6 is 11.3 Å². The lowest BCUT2D eigenvalue weighted by atomic mass is 10.2. The minimum Gasteiger partial charge on any atom is -0.351 e. The smallest absolute Gasteiger partial charge is 0.261 e. The number of pyridine rings is 1. The molecule has 0 unspecified atom stereocenters. The molecule has 22 heavy (non-hydrogen) atoms. The molecule has 3 aromatic rings. The Morgan fingerprint density at radius 2 is 2.27 bits per heavy atom. The van der Waals surface area contributed by atoms with Gasteiger partial charge in [-0.3, -0.25) is 9.20 Å². The predicted octanol–water partition coefficient (Wildman–Crippen LogP) is 2.25. The Morgan fingerprint density at radius 1 is 1.32 bits per heavy atom. The van der Waals surface area contributed by atoms with Gasteiger partial charge in [-0.05, 0) is 43.0 Å². The van der Waals surface area contributed by atoms with Crippen LogP contribution in [-0.4, -0.2) is 27.0 Å². The third kappa shape index (κ3) is 2.39. The van der Waals surface area contributed by atoms with Gasteiger partial charge in [-0.15, -0.1) is 21.5 Å². The molecule has 4 rings (SSSR count). The number of nitrogens with one attached hydrogen (secondary N) is 1. The molecule has 112 valence electrons. The van der Waals surface area contributed by atoms with Crippen molar-refractivity contribution in [2.24, 2.45) is 0 Å². The monoisotopic (exact) mass is 312 g/mol. The fourth-order valence-electron chi connectivity index (χ4n) is 2.88. The highest BCUT2D eigenvalue weighted by Gasteiger charge is 2.18. The minimum absolute atomic E-state index is 0.0215. The van der Waals surface area contributed by atoms with Gasteiger partial charge in [0.15, 0.2) is 5.65 Å². The van der Waals surface area contributed by atoms with E-state index in [1.54, 1.807) is 11.3 Å². The molecule has 0 bridgehead atoms. The number of carbonyl (C=O) groups is 1. The molecular formula is C16H16N4OS. The molecule has 0 fully saturated rings. The van der Waals surface area contributed by atoms with Crippen LogP contribution < -0.4 is 5.32 Å². The van der Waals surface area contributed by atoms with E-state index in [9.17, 15) is 4.79 Å². The molecule has 0 radical (unpaired) electrons. The Balaban J connectivity index is 1.39. The summed E-state index contributed by atoms with van der Waals surface area (Å²) in [7, 11) is 0. The number of fused-ring (bicyclic) bond motifs is 2. The summed E-state index contributed by atoms with van der Waals surface area (Å²) >= 11 is 1.64. The maximum atomic E-state index is 12.2. The van der Waals surface area contributed by atoms with Crippen LogP contribution in [-0.2, 0) is 19.3 Å². The Morgan fingerprint density at radius 3 is 3.18 bits per heavy atom. The van der Waals surface area contributed by atoms with E-state index >= 15 is 0 Å². The third-order valence-electron chi connectivity index (χ3n) is 3.99. The van der Waals surface area contributed by atoms with Crippen molar-refractivity contribution in [3.05, 3.63) is 51.6 Å². The zero-order valence-electron chi connectivity index (χ0n) is 12.1. The minimum atomic E-state index is 0.0215. The van der Waals surface area contributed by atoms with E-state index in [4.69, 9.17) is 0 Å². The third-order valence-corrected chi connectivity index (χ3v) is 5.22. The van der Waals surface area contributed by atoms with Crippen molar-refractivity contribution >= 4 is 22.9 Å². The van der Waals surface area contributed by atoms with E-state index in [-0.39, 0.29) is 5.91 Å². The summed E-state index contributed by atoms with van der Waals surface area (Å²) in [5.74, 6) is 0.887. The van der Waals surface area contributed by atoms with Crippen molar-refractivity contribution in [3.63, 3.8) is 0 Å². The van der Waals surface area contributed by atoms with Gasteiger partial charge in [0.05, 0.1) is 4.88 Å². The molecule has 0 saturated carbocycles. The second kappa shape index (κ2) is 5.53. The van der Waals surface area contributed by atoms with Crippen LogP contribution in [0.4, 0.5) is 0 Å². The molecule has 1 aliphatic rings. The number of hydrogen-bond donors (Lipinski definition) is 1. The number of rotatable bonds is 4. The zero-order valence-corrected chi connectivity index (χ0v) is 12.9. The number of thiophene rings is 1. The molecule has 0 saturated heterocycles. The second-order valence-corrected chi connectivity index (χ2v) is 6.60. The first-order chi connectivity index (χ1) is 10.8. The molecule has 0 aliphatic heterocycles. The first-order valence-electron chi connectivity index (χ1n) is 7.50. The quantitative estimate of drug-likeness (QED) is 0.804. The average molecular weight is 312 g/mol. The lowest BCUT2D eigenvalue weighted by molar-refractivity contribution is 0.0958. The van der Waals surface area contributed by atoms with Gasteiger partial charge in [-0.2, -0.15) is 0 Å². The van der Waals surface area contributed by atoms with Crippen molar-refractivity contribution < 1.29 is 4.79 Å². The number of aryl methyl sites for hydroxylation is 2. The largest absolute Gasteiger partial charge is 0.351 e. The number of hydrogen-bond acceptors (Lipinski definition) is 4. The molecule has 0 atom stereocenters. The van der Waals surface area contributed by atoms with Gasteiger partial charge in [0, 0.05) is 24.0 Å². The standard InChI is InChI=1S/C16H16N4OS/c21-16(13-10-11-4-3-5-12(11)22-13)17-8-7-15-19-18-14-6-1-2-9-20(14)15/h1-2,6,9-10H,3-5,7-8H2,(H,17,21). The molecule has 0 aromatic carbocycles. The summed E-state index contributed by atoms with van der Waals surface area (Å²) in [6, 6.07) is 7.86. The van der Waals surface area contributed by atoms with Gasteiger partial charge in [0.1, 0.15) is 5.82 Å². The van der Waals surface area contributed by atoms with Crippen LogP contribution in [0.3, 0.4) is 0 Å². The van der Waals surface area contributed by atoms with Gasteiger partial charge in [-0.25, -0.2) is 0 Å². The maximum absolute atomic E-state index is 12.2. The topological polar surface area (TPSA) is 59.3 Å². The molecule has 0 spiro atoms. The SMILES string of the molecule is O=C(NCCc1nnc2ccccn12)c1cc2c(s1)CCC2.